The van der Waals surface area contributed by atoms with Gasteiger partial charge in [0.25, 0.3) is 0 Å². The van der Waals surface area contributed by atoms with Crippen molar-refractivity contribution in [1.82, 2.24) is 10.0 Å². The van der Waals surface area contributed by atoms with E-state index < -0.39 is 10.0 Å². The second-order valence-electron chi connectivity index (χ2n) is 4.98. The maximum atomic E-state index is 12.5. The van der Waals surface area contributed by atoms with Crippen molar-refractivity contribution in [2.75, 3.05) is 26.7 Å². The van der Waals surface area contributed by atoms with E-state index in [9.17, 15) is 8.42 Å². The Kier molecular flexibility index (Phi) is 5.90. The Balaban J connectivity index is 2.18. The lowest BCUT2D eigenvalue weighted by atomic mass is 10.0. The Morgan fingerprint density at radius 3 is 2.90 bits per heavy atom. The van der Waals surface area contributed by atoms with Gasteiger partial charge < -0.3 is 10.1 Å². The van der Waals surface area contributed by atoms with Crippen LogP contribution in [0.3, 0.4) is 0 Å². The maximum Gasteiger partial charge on any atom is 0.244 e. The normalized spacial score (nSPS) is 19.5. The Morgan fingerprint density at radius 1 is 1.52 bits per heavy atom. The van der Waals surface area contributed by atoms with Crippen molar-refractivity contribution >= 4 is 37.6 Å². The van der Waals surface area contributed by atoms with Gasteiger partial charge in [-0.2, -0.15) is 0 Å². The van der Waals surface area contributed by atoms with Crippen LogP contribution in [0.15, 0.2) is 21.5 Å². The van der Waals surface area contributed by atoms with E-state index in [0.29, 0.717) is 22.0 Å². The topological polar surface area (TPSA) is 67.4 Å². The zero-order valence-electron chi connectivity index (χ0n) is 11.7. The summed E-state index contributed by atoms with van der Waals surface area (Å²) in [6, 6.07) is 3.00. The van der Waals surface area contributed by atoms with Gasteiger partial charge in [0.1, 0.15) is 4.90 Å². The molecule has 0 radical (unpaired) electrons. The van der Waals surface area contributed by atoms with Gasteiger partial charge in [-0.25, -0.2) is 13.1 Å². The summed E-state index contributed by atoms with van der Waals surface area (Å²) < 4.78 is 33.3. The average molecular weight is 398 g/mol. The molecule has 0 aromatic heterocycles. The van der Waals surface area contributed by atoms with Crippen LogP contribution in [0.1, 0.15) is 12.8 Å². The lowest BCUT2D eigenvalue weighted by Crippen LogP contribution is -2.38. The predicted octanol–water partition coefficient (Wildman–Crippen LogP) is 2.39. The largest absolute Gasteiger partial charge is 0.494 e. The smallest absolute Gasteiger partial charge is 0.244 e. The average Bonchev–Trinajstić information content (AvgIpc) is 2.46. The molecule has 1 aliphatic heterocycles. The number of hydrogen-bond acceptors (Lipinski definition) is 4. The van der Waals surface area contributed by atoms with Gasteiger partial charge in [0.2, 0.25) is 10.0 Å². The van der Waals surface area contributed by atoms with Gasteiger partial charge in [-0.1, -0.05) is 11.6 Å². The molecule has 1 fully saturated rings. The zero-order valence-corrected chi connectivity index (χ0v) is 14.8. The molecule has 5 nitrogen and oxygen atoms in total. The van der Waals surface area contributed by atoms with E-state index in [4.69, 9.17) is 16.3 Å². The number of rotatable bonds is 5. The van der Waals surface area contributed by atoms with Gasteiger partial charge in [-0.3, -0.25) is 0 Å². The second kappa shape index (κ2) is 7.28. The second-order valence-corrected chi connectivity index (χ2v) is 8.01. The molecule has 1 unspecified atom stereocenters. The minimum Gasteiger partial charge on any atom is -0.494 e. The fraction of sp³-hybridized carbons (Fsp3) is 0.538. The van der Waals surface area contributed by atoms with Gasteiger partial charge in [0.15, 0.2) is 5.75 Å². The lowest BCUT2D eigenvalue weighted by Gasteiger charge is -2.23. The Hall–Kier alpha value is -0.340. The van der Waals surface area contributed by atoms with Crippen molar-refractivity contribution in [1.29, 1.82) is 0 Å². The molecule has 0 bridgehead atoms. The molecular weight excluding hydrogens is 380 g/mol. The number of hydrogen-bond donors (Lipinski definition) is 2. The van der Waals surface area contributed by atoms with Gasteiger partial charge in [0, 0.05) is 11.6 Å². The highest BCUT2D eigenvalue weighted by Crippen LogP contribution is 2.35. The quantitative estimate of drug-likeness (QED) is 0.800. The maximum absolute atomic E-state index is 12.5. The van der Waals surface area contributed by atoms with Crippen molar-refractivity contribution in [3.05, 3.63) is 21.6 Å². The molecule has 1 aromatic rings. The third-order valence-electron chi connectivity index (χ3n) is 3.43. The van der Waals surface area contributed by atoms with Crippen LogP contribution in [-0.4, -0.2) is 35.2 Å². The first kappa shape index (κ1) is 17.0. The number of nitrogens with one attached hydrogen (secondary N) is 2. The molecule has 0 amide bonds. The molecule has 1 aromatic carbocycles. The summed E-state index contributed by atoms with van der Waals surface area (Å²) in [6.45, 7) is 2.24. The van der Waals surface area contributed by atoms with Gasteiger partial charge in [-0.05, 0) is 59.9 Å². The van der Waals surface area contributed by atoms with Crippen molar-refractivity contribution in [2.45, 2.75) is 17.7 Å². The molecule has 0 saturated carbocycles. The van der Waals surface area contributed by atoms with E-state index in [-0.39, 0.29) is 10.6 Å². The van der Waals surface area contributed by atoms with Gasteiger partial charge in [-0.15, -0.1) is 0 Å². The predicted molar refractivity (Wildman–Crippen MR) is 86.5 cm³/mol. The van der Waals surface area contributed by atoms with E-state index in [1.807, 2.05) is 0 Å². The SMILES string of the molecule is COc1c(Br)cc(Cl)cc1S(=O)(=O)NCC1CCCNC1. The van der Waals surface area contributed by atoms with Crippen molar-refractivity contribution in [2.24, 2.45) is 5.92 Å². The summed E-state index contributed by atoms with van der Waals surface area (Å²) in [5, 5.41) is 3.60. The summed E-state index contributed by atoms with van der Waals surface area (Å²) in [7, 11) is -2.24. The summed E-state index contributed by atoms with van der Waals surface area (Å²) in [4.78, 5) is 0.0492. The molecule has 1 aliphatic rings. The summed E-state index contributed by atoms with van der Waals surface area (Å²) >= 11 is 9.21. The standard InChI is InChI=1S/C13H18BrClN2O3S/c1-20-13-11(14)5-10(15)6-12(13)21(18,19)17-8-9-3-2-4-16-7-9/h5-6,9,16-17H,2-4,7-8H2,1H3. The third kappa shape index (κ3) is 4.32. The van der Waals surface area contributed by atoms with Gasteiger partial charge >= 0.3 is 0 Å². The highest BCUT2D eigenvalue weighted by molar-refractivity contribution is 9.10. The van der Waals surface area contributed by atoms with Crippen LogP contribution in [-0.2, 0) is 10.0 Å². The number of halogens is 2. The summed E-state index contributed by atoms with van der Waals surface area (Å²) in [6.07, 6.45) is 2.09. The molecule has 8 heteroatoms. The van der Waals surface area contributed by atoms with Crippen LogP contribution in [0.2, 0.25) is 5.02 Å². The first-order chi connectivity index (χ1) is 9.94. The van der Waals surface area contributed by atoms with Crippen molar-refractivity contribution in [3.63, 3.8) is 0 Å². The summed E-state index contributed by atoms with van der Waals surface area (Å²) in [5.41, 5.74) is 0. The van der Waals surface area contributed by atoms with Crippen molar-refractivity contribution < 1.29 is 13.2 Å². The van der Waals surface area contributed by atoms with Crippen LogP contribution in [0.25, 0.3) is 0 Å². The Labute approximate surface area is 138 Å². The molecule has 2 N–H and O–H groups in total. The molecule has 2 rings (SSSR count). The highest BCUT2D eigenvalue weighted by Gasteiger charge is 2.24. The molecular formula is C13H18BrClN2O3S. The molecule has 0 aliphatic carbocycles. The number of sulfonamides is 1. The molecule has 1 atom stereocenters. The zero-order chi connectivity index (χ0) is 15.5. The van der Waals surface area contributed by atoms with Gasteiger partial charge in [0.05, 0.1) is 11.6 Å². The van der Waals surface area contributed by atoms with Crippen LogP contribution in [0.4, 0.5) is 0 Å². The lowest BCUT2D eigenvalue weighted by molar-refractivity contribution is 0.374. The molecule has 21 heavy (non-hydrogen) atoms. The van der Waals surface area contributed by atoms with Crippen LogP contribution in [0.5, 0.6) is 5.75 Å². The third-order valence-corrected chi connectivity index (χ3v) is 5.67. The molecule has 1 saturated heterocycles. The molecule has 1 heterocycles. The van der Waals surface area contributed by atoms with Crippen LogP contribution < -0.4 is 14.8 Å². The Bertz CT molecular complexity index is 604. The Morgan fingerprint density at radius 2 is 2.29 bits per heavy atom. The van der Waals surface area contributed by atoms with E-state index in [1.54, 1.807) is 6.07 Å². The van der Waals surface area contributed by atoms with Crippen molar-refractivity contribution in [3.8, 4) is 5.75 Å². The number of methoxy groups -OCH3 is 1. The van der Waals surface area contributed by atoms with Crippen LogP contribution in [0, 0.1) is 5.92 Å². The minimum atomic E-state index is -3.66. The summed E-state index contributed by atoms with van der Waals surface area (Å²) in [5.74, 6) is 0.566. The monoisotopic (exact) mass is 396 g/mol. The number of ether oxygens (including phenoxy) is 1. The number of benzene rings is 1. The van der Waals surface area contributed by atoms with E-state index in [2.05, 4.69) is 26.0 Å². The highest BCUT2D eigenvalue weighted by atomic mass is 79.9. The van der Waals surface area contributed by atoms with E-state index >= 15 is 0 Å². The molecule has 118 valence electrons. The van der Waals surface area contributed by atoms with Crippen LogP contribution >= 0.6 is 27.5 Å². The first-order valence-corrected chi connectivity index (χ1v) is 9.33. The van der Waals surface area contributed by atoms with E-state index in [1.165, 1.54) is 13.2 Å². The minimum absolute atomic E-state index is 0.0492. The number of piperidine rings is 1. The molecule has 0 spiro atoms. The van der Waals surface area contributed by atoms with E-state index in [0.717, 1.165) is 25.9 Å². The fourth-order valence-corrected chi connectivity index (χ4v) is 4.84. The first-order valence-electron chi connectivity index (χ1n) is 6.67. The fourth-order valence-electron chi connectivity index (χ4n) is 2.34.